The van der Waals surface area contributed by atoms with E-state index in [0.29, 0.717) is 6.54 Å². The van der Waals surface area contributed by atoms with Crippen LogP contribution < -0.4 is 11.3 Å². The number of hydrogen-bond donors (Lipinski definition) is 2. The lowest BCUT2D eigenvalue weighted by Gasteiger charge is -2.34. The highest BCUT2D eigenvalue weighted by Crippen LogP contribution is 2.16. The molecule has 0 spiro atoms. The molecule has 2 rings (SSSR count). The van der Waals surface area contributed by atoms with Gasteiger partial charge in [0.15, 0.2) is 5.84 Å². The Morgan fingerprint density at radius 1 is 1.42 bits per heavy atom. The number of aromatic nitrogens is 1. The molecule has 0 amide bonds. The van der Waals surface area contributed by atoms with E-state index in [0.717, 1.165) is 32.4 Å². The molecule has 1 aliphatic heterocycles. The van der Waals surface area contributed by atoms with Gasteiger partial charge in [0.1, 0.15) is 0 Å². The normalized spacial score (nSPS) is 21.5. The molecule has 0 bridgehead atoms. The third-order valence-corrected chi connectivity index (χ3v) is 3.60. The average molecular weight is 264 g/mol. The van der Waals surface area contributed by atoms with Crippen molar-refractivity contribution in [2.45, 2.75) is 31.8 Å². The smallest absolute Gasteiger partial charge is 0.250 e. The number of oxime groups is 1. The van der Waals surface area contributed by atoms with Crippen LogP contribution in [0.3, 0.4) is 0 Å². The highest BCUT2D eigenvalue weighted by molar-refractivity contribution is 5.85. The molecule has 104 valence electrons. The molecule has 0 aliphatic carbocycles. The molecule has 1 aromatic rings. The zero-order valence-corrected chi connectivity index (χ0v) is 10.9. The molecular weight excluding hydrogens is 244 g/mol. The molecule has 19 heavy (non-hydrogen) atoms. The van der Waals surface area contributed by atoms with Gasteiger partial charge in [-0.1, -0.05) is 17.6 Å². The molecule has 6 nitrogen and oxygen atoms in total. The number of likely N-dealkylation sites (tertiary alicyclic amines) is 1. The minimum Gasteiger partial charge on any atom is -0.409 e. The molecular formula is C13H20N4O2. The van der Waals surface area contributed by atoms with Gasteiger partial charge in [-0.05, 0) is 25.5 Å². The number of nitrogens with zero attached hydrogens (tertiary/aromatic N) is 3. The van der Waals surface area contributed by atoms with E-state index in [-0.39, 0.29) is 17.4 Å². The van der Waals surface area contributed by atoms with E-state index in [9.17, 15) is 4.79 Å². The van der Waals surface area contributed by atoms with Gasteiger partial charge in [0, 0.05) is 25.4 Å². The number of rotatable bonds is 4. The standard InChI is InChI=1S/C13H20N4O2/c14-13(15-19)11-5-1-3-7-16(11)9-10-17-8-4-2-6-12(17)18/h2,4,6,8,11,19H,1,3,5,7,9-10H2,(H2,14,15). The van der Waals surface area contributed by atoms with Crippen molar-refractivity contribution in [1.82, 2.24) is 9.47 Å². The first-order valence-electron chi connectivity index (χ1n) is 6.59. The maximum absolute atomic E-state index is 11.6. The monoisotopic (exact) mass is 264 g/mol. The minimum absolute atomic E-state index is 0.000133. The summed E-state index contributed by atoms with van der Waals surface area (Å²) < 4.78 is 1.68. The van der Waals surface area contributed by atoms with Crippen LogP contribution in [0.4, 0.5) is 0 Å². The van der Waals surface area contributed by atoms with Gasteiger partial charge in [0.25, 0.3) is 5.56 Å². The predicted octanol–water partition coefficient (Wildman–Crippen LogP) is 0.449. The van der Waals surface area contributed by atoms with E-state index in [1.807, 2.05) is 6.07 Å². The maximum atomic E-state index is 11.6. The van der Waals surface area contributed by atoms with Crippen LogP contribution in [-0.2, 0) is 6.54 Å². The van der Waals surface area contributed by atoms with Crippen molar-refractivity contribution in [3.8, 4) is 0 Å². The van der Waals surface area contributed by atoms with E-state index >= 15 is 0 Å². The van der Waals surface area contributed by atoms with Gasteiger partial charge in [-0.2, -0.15) is 0 Å². The van der Waals surface area contributed by atoms with Crippen LogP contribution in [0.1, 0.15) is 19.3 Å². The van der Waals surface area contributed by atoms with Gasteiger partial charge in [-0.3, -0.25) is 9.69 Å². The summed E-state index contributed by atoms with van der Waals surface area (Å²) in [6, 6.07) is 5.12. The Morgan fingerprint density at radius 2 is 2.26 bits per heavy atom. The zero-order valence-electron chi connectivity index (χ0n) is 10.9. The average Bonchev–Trinajstić information content (AvgIpc) is 2.46. The largest absolute Gasteiger partial charge is 0.409 e. The second kappa shape index (κ2) is 6.38. The molecule has 1 aliphatic rings. The van der Waals surface area contributed by atoms with Crippen molar-refractivity contribution in [2.24, 2.45) is 10.9 Å². The van der Waals surface area contributed by atoms with Crippen molar-refractivity contribution in [3.05, 3.63) is 34.7 Å². The van der Waals surface area contributed by atoms with Gasteiger partial charge in [-0.15, -0.1) is 0 Å². The van der Waals surface area contributed by atoms with Gasteiger partial charge in [0.05, 0.1) is 6.04 Å². The Labute approximate surface area is 112 Å². The first-order chi connectivity index (χ1) is 9.22. The van der Waals surface area contributed by atoms with Gasteiger partial charge in [-0.25, -0.2) is 0 Å². The summed E-state index contributed by atoms with van der Waals surface area (Å²) in [5.74, 6) is 0.264. The van der Waals surface area contributed by atoms with Crippen LogP contribution in [0.15, 0.2) is 34.3 Å². The molecule has 1 atom stereocenters. The molecule has 2 heterocycles. The molecule has 1 aromatic heterocycles. The second-order valence-corrected chi connectivity index (χ2v) is 4.80. The lowest BCUT2D eigenvalue weighted by molar-refractivity contribution is 0.179. The fourth-order valence-electron chi connectivity index (χ4n) is 2.54. The summed E-state index contributed by atoms with van der Waals surface area (Å²) in [5.41, 5.74) is 5.73. The molecule has 1 saturated heterocycles. The van der Waals surface area contributed by atoms with E-state index in [4.69, 9.17) is 10.9 Å². The second-order valence-electron chi connectivity index (χ2n) is 4.80. The quantitative estimate of drug-likeness (QED) is 0.358. The van der Waals surface area contributed by atoms with E-state index < -0.39 is 0 Å². The van der Waals surface area contributed by atoms with Crippen molar-refractivity contribution >= 4 is 5.84 Å². The van der Waals surface area contributed by atoms with E-state index in [1.54, 1.807) is 22.9 Å². The summed E-state index contributed by atoms with van der Waals surface area (Å²) in [4.78, 5) is 13.8. The summed E-state index contributed by atoms with van der Waals surface area (Å²) in [7, 11) is 0. The lowest BCUT2D eigenvalue weighted by Crippen LogP contribution is -2.49. The summed E-state index contributed by atoms with van der Waals surface area (Å²) in [5, 5.41) is 11.9. The zero-order chi connectivity index (χ0) is 13.7. The van der Waals surface area contributed by atoms with E-state index in [2.05, 4.69) is 10.1 Å². The molecule has 1 fully saturated rings. The number of hydrogen-bond acceptors (Lipinski definition) is 4. The SMILES string of the molecule is N/C(=N/O)C1CCCCN1CCn1ccccc1=O. The van der Waals surface area contributed by atoms with Crippen LogP contribution in [0, 0.1) is 0 Å². The minimum atomic E-state index is -0.0156. The summed E-state index contributed by atoms with van der Waals surface area (Å²) in [6.07, 6.45) is 4.88. The van der Waals surface area contributed by atoms with Crippen molar-refractivity contribution in [3.63, 3.8) is 0 Å². The molecule has 0 saturated carbocycles. The predicted molar refractivity (Wildman–Crippen MR) is 73.3 cm³/mol. The van der Waals surface area contributed by atoms with Crippen LogP contribution >= 0.6 is 0 Å². The maximum Gasteiger partial charge on any atom is 0.250 e. The Hall–Kier alpha value is -1.82. The highest BCUT2D eigenvalue weighted by Gasteiger charge is 2.25. The molecule has 1 unspecified atom stereocenters. The molecule has 3 N–H and O–H groups in total. The van der Waals surface area contributed by atoms with Crippen molar-refractivity contribution in [2.75, 3.05) is 13.1 Å². The van der Waals surface area contributed by atoms with Gasteiger partial charge in [0.2, 0.25) is 0 Å². The lowest BCUT2D eigenvalue weighted by atomic mass is 10.0. The van der Waals surface area contributed by atoms with Gasteiger partial charge >= 0.3 is 0 Å². The first-order valence-corrected chi connectivity index (χ1v) is 6.59. The van der Waals surface area contributed by atoms with Crippen LogP contribution in [-0.4, -0.2) is 39.6 Å². The Kier molecular flexibility index (Phi) is 4.57. The Bertz CT molecular complexity index is 497. The fourth-order valence-corrected chi connectivity index (χ4v) is 2.54. The van der Waals surface area contributed by atoms with Crippen LogP contribution in [0.5, 0.6) is 0 Å². The topological polar surface area (TPSA) is 83.8 Å². The molecule has 0 aromatic carbocycles. The highest BCUT2D eigenvalue weighted by atomic mass is 16.4. The van der Waals surface area contributed by atoms with Gasteiger partial charge < -0.3 is 15.5 Å². The van der Waals surface area contributed by atoms with Crippen LogP contribution in [0.2, 0.25) is 0 Å². The first kappa shape index (κ1) is 13.6. The third-order valence-electron chi connectivity index (χ3n) is 3.60. The number of amidine groups is 1. The molecule has 6 heteroatoms. The number of piperidine rings is 1. The molecule has 0 radical (unpaired) electrons. The van der Waals surface area contributed by atoms with E-state index in [1.165, 1.54) is 0 Å². The third kappa shape index (κ3) is 3.35. The van der Waals surface area contributed by atoms with Crippen molar-refractivity contribution < 1.29 is 5.21 Å². The number of nitrogens with two attached hydrogens (primary N) is 1. The summed E-state index contributed by atoms with van der Waals surface area (Å²) >= 11 is 0. The van der Waals surface area contributed by atoms with Crippen LogP contribution in [0.25, 0.3) is 0 Å². The fraction of sp³-hybridized carbons (Fsp3) is 0.538. The number of pyridine rings is 1. The summed E-state index contributed by atoms with van der Waals surface area (Å²) in [6.45, 7) is 2.27. The Balaban J connectivity index is 2.01. The van der Waals surface area contributed by atoms with Crippen molar-refractivity contribution in [1.29, 1.82) is 0 Å². The Morgan fingerprint density at radius 3 is 3.00 bits per heavy atom.